The summed E-state index contributed by atoms with van der Waals surface area (Å²) < 4.78 is 12.3. The molecule has 0 unspecified atom stereocenters. The van der Waals surface area contributed by atoms with E-state index in [-0.39, 0.29) is 13.0 Å². The number of carboxylic acid groups (broad SMARTS) is 1. The standard InChI is InChI=1S/C14H17NO5/c1-19-12-6-10-9(5-14(17)18)8-15(3-4-16)11(10)7-13(12)20-2/h6-8,16H,3-5H2,1-2H3,(H,17,18). The molecule has 108 valence electrons. The van der Waals surface area contributed by atoms with Crippen LogP contribution in [0.5, 0.6) is 11.5 Å². The molecule has 0 aliphatic heterocycles. The molecule has 0 saturated heterocycles. The van der Waals surface area contributed by atoms with Crippen LogP contribution in [0.2, 0.25) is 0 Å². The third kappa shape index (κ3) is 2.55. The Kier molecular flexibility index (Phi) is 4.14. The van der Waals surface area contributed by atoms with Crippen LogP contribution in [0.1, 0.15) is 5.56 Å². The van der Waals surface area contributed by atoms with Gasteiger partial charge in [-0.05, 0) is 11.6 Å². The Morgan fingerprint density at radius 3 is 2.45 bits per heavy atom. The van der Waals surface area contributed by atoms with Gasteiger partial charge in [-0.25, -0.2) is 0 Å². The zero-order valence-corrected chi connectivity index (χ0v) is 11.4. The summed E-state index contributed by atoms with van der Waals surface area (Å²) in [5.41, 5.74) is 1.50. The molecule has 0 radical (unpaired) electrons. The molecule has 1 aromatic carbocycles. The molecule has 0 atom stereocenters. The zero-order valence-electron chi connectivity index (χ0n) is 11.4. The number of methoxy groups -OCH3 is 2. The maximum Gasteiger partial charge on any atom is 0.307 e. The monoisotopic (exact) mass is 279 g/mol. The molecule has 6 nitrogen and oxygen atoms in total. The number of aliphatic carboxylic acids is 1. The lowest BCUT2D eigenvalue weighted by molar-refractivity contribution is -0.136. The predicted octanol–water partition coefficient (Wildman–Crippen LogP) is 1.28. The Morgan fingerprint density at radius 1 is 1.25 bits per heavy atom. The molecule has 0 aliphatic carbocycles. The van der Waals surface area contributed by atoms with E-state index in [4.69, 9.17) is 19.7 Å². The lowest BCUT2D eigenvalue weighted by Crippen LogP contribution is -2.01. The number of aliphatic hydroxyl groups excluding tert-OH is 1. The predicted molar refractivity (Wildman–Crippen MR) is 73.5 cm³/mol. The van der Waals surface area contributed by atoms with Crippen LogP contribution < -0.4 is 9.47 Å². The SMILES string of the molecule is COc1cc2c(CC(=O)O)cn(CCO)c2cc1OC. The van der Waals surface area contributed by atoms with Gasteiger partial charge in [-0.1, -0.05) is 0 Å². The second-order valence-corrected chi connectivity index (χ2v) is 4.37. The molecule has 0 fully saturated rings. The van der Waals surface area contributed by atoms with Crippen molar-refractivity contribution >= 4 is 16.9 Å². The molecule has 0 spiro atoms. The summed E-state index contributed by atoms with van der Waals surface area (Å²) in [6.45, 7) is 0.371. The van der Waals surface area contributed by atoms with E-state index in [1.54, 1.807) is 25.4 Å². The highest BCUT2D eigenvalue weighted by Crippen LogP contribution is 2.34. The van der Waals surface area contributed by atoms with Crippen LogP contribution >= 0.6 is 0 Å². The normalized spacial score (nSPS) is 10.8. The van der Waals surface area contributed by atoms with Crippen molar-refractivity contribution in [1.29, 1.82) is 0 Å². The highest BCUT2D eigenvalue weighted by molar-refractivity contribution is 5.90. The van der Waals surface area contributed by atoms with Crippen molar-refractivity contribution in [2.45, 2.75) is 13.0 Å². The number of hydrogen-bond acceptors (Lipinski definition) is 4. The van der Waals surface area contributed by atoms with Gasteiger partial charge in [-0.2, -0.15) is 0 Å². The number of carbonyl (C=O) groups is 1. The van der Waals surface area contributed by atoms with Crippen LogP contribution in [0.3, 0.4) is 0 Å². The van der Waals surface area contributed by atoms with Crippen LogP contribution in [0.25, 0.3) is 10.9 Å². The molecular weight excluding hydrogens is 262 g/mol. The van der Waals surface area contributed by atoms with Crippen LogP contribution in [-0.2, 0) is 17.8 Å². The Balaban J connectivity index is 2.65. The largest absolute Gasteiger partial charge is 0.493 e. The Hall–Kier alpha value is -2.21. The summed E-state index contributed by atoms with van der Waals surface area (Å²) in [5.74, 6) is 0.218. The first-order chi connectivity index (χ1) is 9.60. The van der Waals surface area contributed by atoms with E-state index in [0.717, 1.165) is 10.9 Å². The fourth-order valence-corrected chi connectivity index (χ4v) is 2.29. The minimum absolute atomic E-state index is 0.0232. The van der Waals surface area contributed by atoms with Crippen LogP contribution in [-0.4, -0.2) is 41.6 Å². The van der Waals surface area contributed by atoms with E-state index in [0.29, 0.717) is 23.6 Å². The molecule has 2 N–H and O–H groups in total. The summed E-state index contributed by atoms with van der Waals surface area (Å²) in [5, 5.41) is 18.9. The van der Waals surface area contributed by atoms with E-state index in [9.17, 15) is 4.79 Å². The molecule has 0 aliphatic rings. The first kappa shape index (κ1) is 14.2. The first-order valence-electron chi connectivity index (χ1n) is 6.17. The summed E-state index contributed by atoms with van der Waals surface area (Å²) in [6, 6.07) is 3.55. The lowest BCUT2D eigenvalue weighted by Gasteiger charge is -2.09. The number of carboxylic acids is 1. The molecular formula is C14H17NO5. The second-order valence-electron chi connectivity index (χ2n) is 4.37. The quantitative estimate of drug-likeness (QED) is 0.832. The Bertz CT molecular complexity index is 632. The minimum Gasteiger partial charge on any atom is -0.493 e. The van der Waals surface area contributed by atoms with Crippen molar-refractivity contribution in [2.24, 2.45) is 0 Å². The Labute approximate surface area is 116 Å². The number of benzene rings is 1. The van der Waals surface area contributed by atoms with Gasteiger partial charge in [0, 0.05) is 24.2 Å². The highest BCUT2D eigenvalue weighted by Gasteiger charge is 2.15. The van der Waals surface area contributed by atoms with E-state index >= 15 is 0 Å². The molecule has 0 saturated carbocycles. The molecule has 0 amide bonds. The molecule has 2 rings (SSSR count). The van der Waals surface area contributed by atoms with Crippen molar-refractivity contribution in [2.75, 3.05) is 20.8 Å². The number of fused-ring (bicyclic) bond motifs is 1. The highest BCUT2D eigenvalue weighted by atomic mass is 16.5. The van der Waals surface area contributed by atoms with Crippen molar-refractivity contribution in [3.05, 3.63) is 23.9 Å². The fourth-order valence-electron chi connectivity index (χ4n) is 2.29. The van der Waals surface area contributed by atoms with Crippen LogP contribution in [0.15, 0.2) is 18.3 Å². The van der Waals surface area contributed by atoms with Crippen molar-refractivity contribution < 1.29 is 24.5 Å². The molecule has 1 heterocycles. The maximum absolute atomic E-state index is 10.9. The van der Waals surface area contributed by atoms with Crippen LogP contribution in [0.4, 0.5) is 0 Å². The first-order valence-corrected chi connectivity index (χ1v) is 6.17. The van der Waals surface area contributed by atoms with Gasteiger partial charge in [0.05, 0.1) is 32.8 Å². The van der Waals surface area contributed by atoms with Crippen molar-refractivity contribution in [1.82, 2.24) is 4.57 Å². The topological polar surface area (TPSA) is 80.9 Å². The number of ether oxygens (including phenoxy) is 2. The summed E-state index contributed by atoms with van der Waals surface area (Å²) >= 11 is 0. The van der Waals surface area contributed by atoms with Gasteiger partial charge in [0.25, 0.3) is 0 Å². The number of aliphatic hydroxyl groups is 1. The van der Waals surface area contributed by atoms with Gasteiger partial charge in [0.1, 0.15) is 0 Å². The zero-order chi connectivity index (χ0) is 14.7. The lowest BCUT2D eigenvalue weighted by atomic mass is 10.1. The average Bonchev–Trinajstić information content (AvgIpc) is 2.74. The van der Waals surface area contributed by atoms with Crippen LogP contribution in [0, 0.1) is 0 Å². The van der Waals surface area contributed by atoms with E-state index in [1.165, 1.54) is 7.11 Å². The minimum atomic E-state index is -0.900. The number of hydrogen-bond donors (Lipinski definition) is 2. The number of aromatic nitrogens is 1. The van der Waals surface area contributed by atoms with E-state index < -0.39 is 5.97 Å². The van der Waals surface area contributed by atoms with E-state index in [2.05, 4.69) is 0 Å². The van der Waals surface area contributed by atoms with Crippen molar-refractivity contribution in [3.8, 4) is 11.5 Å². The third-order valence-electron chi connectivity index (χ3n) is 3.15. The van der Waals surface area contributed by atoms with Gasteiger partial charge < -0.3 is 24.3 Å². The van der Waals surface area contributed by atoms with Gasteiger partial charge in [-0.3, -0.25) is 4.79 Å². The molecule has 6 heteroatoms. The molecule has 1 aromatic heterocycles. The summed E-state index contributed by atoms with van der Waals surface area (Å²) in [4.78, 5) is 10.9. The number of nitrogens with zero attached hydrogens (tertiary/aromatic N) is 1. The van der Waals surface area contributed by atoms with E-state index in [1.807, 2.05) is 4.57 Å². The second kappa shape index (κ2) is 5.83. The summed E-state index contributed by atoms with van der Waals surface area (Å²) in [6.07, 6.45) is 1.66. The number of rotatable bonds is 6. The molecule has 0 bridgehead atoms. The Morgan fingerprint density at radius 2 is 1.90 bits per heavy atom. The van der Waals surface area contributed by atoms with Gasteiger partial charge in [-0.15, -0.1) is 0 Å². The van der Waals surface area contributed by atoms with Gasteiger partial charge in [0.2, 0.25) is 0 Å². The van der Waals surface area contributed by atoms with Crippen molar-refractivity contribution in [3.63, 3.8) is 0 Å². The molecule has 2 aromatic rings. The molecule has 20 heavy (non-hydrogen) atoms. The fraction of sp³-hybridized carbons (Fsp3) is 0.357. The van der Waals surface area contributed by atoms with Gasteiger partial charge in [0.15, 0.2) is 11.5 Å². The maximum atomic E-state index is 10.9. The van der Waals surface area contributed by atoms with Gasteiger partial charge >= 0.3 is 5.97 Å². The summed E-state index contributed by atoms with van der Waals surface area (Å²) in [7, 11) is 3.08. The smallest absolute Gasteiger partial charge is 0.307 e. The third-order valence-corrected chi connectivity index (χ3v) is 3.15. The average molecular weight is 279 g/mol.